The second-order valence-corrected chi connectivity index (χ2v) is 7.48. The lowest BCUT2D eigenvalue weighted by Crippen LogP contribution is -2.52. The first-order chi connectivity index (χ1) is 11.6. The van der Waals surface area contributed by atoms with Crippen molar-refractivity contribution < 1.29 is 19.1 Å². The minimum Gasteiger partial charge on any atom is -0.465 e. The average Bonchev–Trinajstić information content (AvgIpc) is 3.26. The number of carbonyl (C=O) groups excluding carboxylic acids is 2. The Labute approximate surface area is 144 Å². The number of esters is 2. The minimum absolute atomic E-state index is 0.172. The number of carbonyl (C=O) groups is 2. The molecule has 0 N–H and O–H groups in total. The van der Waals surface area contributed by atoms with Crippen molar-refractivity contribution in [3.05, 3.63) is 25.3 Å². The number of fused-ring (bicyclic) bond motifs is 5. The van der Waals surface area contributed by atoms with Crippen molar-refractivity contribution in [2.45, 2.75) is 51.4 Å². The standard InChI is InChI=1S/C20H28O4/c1-3-5-12-23-17(21)19-11-9-15(14-19)16-8-7-10-20(16,19)18(22)24-13-6-4-2/h3-4,15-16H,1-2,5-14H2. The van der Waals surface area contributed by atoms with E-state index in [0.717, 1.165) is 38.5 Å². The summed E-state index contributed by atoms with van der Waals surface area (Å²) < 4.78 is 11.2. The second-order valence-electron chi connectivity index (χ2n) is 7.48. The van der Waals surface area contributed by atoms with Gasteiger partial charge in [0.2, 0.25) is 0 Å². The Bertz CT molecular complexity index is 540. The largest absolute Gasteiger partial charge is 0.465 e. The normalized spacial score (nSPS) is 36.2. The SMILES string of the molecule is C=CCCOC(=O)C12CCC(C1)C1CCCC12C(=O)OCCC=C. The molecule has 0 aromatic carbocycles. The molecule has 0 radical (unpaired) electrons. The van der Waals surface area contributed by atoms with Gasteiger partial charge in [0.25, 0.3) is 0 Å². The van der Waals surface area contributed by atoms with Gasteiger partial charge in [-0.1, -0.05) is 18.6 Å². The summed E-state index contributed by atoms with van der Waals surface area (Å²) in [5.41, 5.74) is -1.31. The molecule has 3 saturated carbocycles. The van der Waals surface area contributed by atoms with Crippen LogP contribution in [0, 0.1) is 22.7 Å². The monoisotopic (exact) mass is 332 g/mol. The van der Waals surface area contributed by atoms with Crippen LogP contribution in [0.3, 0.4) is 0 Å². The van der Waals surface area contributed by atoms with Crippen LogP contribution < -0.4 is 0 Å². The molecule has 0 aromatic rings. The summed E-state index contributed by atoms with van der Waals surface area (Å²) in [6.45, 7) is 8.03. The zero-order valence-electron chi connectivity index (χ0n) is 14.4. The zero-order chi connectivity index (χ0) is 17.2. The molecule has 0 heterocycles. The molecule has 0 saturated heterocycles. The van der Waals surface area contributed by atoms with Gasteiger partial charge >= 0.3 is 11.9 Å². The maximum atomic E-state index is 13.1. The molecule has 0 amide bonds. The van der Waals surface area contributed by atoms with Gasteiger partial charge in [0, 0.05) is 0 Å². The van der Waals surface area contributed by atoms with Crippen molar-refractivity contribution in [2.75, 3.05) is 13.2 Å². The number of hydrogen-bond donors (Lipinski definition) is 0. The highest BCUT2D eigenvalue weighted by Gasteiger charge is 2.75. The zero-order valence-corrected chi connectivity index (χ0v) is 14.4. The summed E-state index contributed by atoms with van der Waals surface area (Å²) in [5, 5.41) is 0. The molecule has 132 valence electrons. The summed E-state index contributed by atoms with van der Waals surface area (Å²) in [5.74, 6) is 0.396. The van der Waals surface area contributed by atoms with Crippen molar-refractivity contribution in [1.29, 1.82) is 0 Å². The Morgan fingerprint density at radius 1 is 1.00 bits per heavy atom. The van der Waals surface area contributed by atoms with E-state index in [-0.39, 0.29) is 17.9 Å². The Hall–Kier alpha value is -1.58. The van der Waals surface area contributed by atoms with Gasteiger partial charge in [-0.2, -0.15) is 0 Å². The van der Waals surface area contributed by atoms with E-state index < -0.39 is 10.8 Å². The fourth-order valence-corrected chi connectivity index (χ4v) is 5.65. The third-order valence-electron chi connectivity index (χ3n) is 6.56. The van der Waals surface area contributed by atoms with Gasteiger partial charge in [-0.05, 0) is 56.8 Å². The van der Waals surface area contributed by atoms with Crippen LogP contribution in [0.4, 0.5) is 0 Å². The molecular formula is C20H28O4. The Kier molecular flexibility index (Phi) is 4.84. The molecular weight excluding hydrogens is 304 g/mol. The molecule has 4 nitrogen and oxygen atoms in total. The van der Waals surface area contributed by atoms with Gasteiger partial charge in [-0.25, -0.2) is 0 Å². The summed E-state index contributed by atoms with van der Waals surface area (Å²) in [6, 6.07) is 0. The topological polar surface area (TPSA) is 52.6 Å². The summed E-state index contributed by atoms with van der Waals surface area (Å²) in [4.78, 5) is 26.1. The molecule has 3 rings (SSSR count). The predicted molar refractivity (Wildman–Crippen MR) is 91.1 cm³/mol. The van der Waals surface area contributed by atoms with Gasteiger partial charge in [0.05, 0.1) is 24.0 Å². The number of hydrogen-bond acceptors (Lipinski definition) is 4. The maximum absolute atomic E-state index is 13.1. The molecule has 0 aromatic heterocycles. The third-order valence-corrected chi connectivity index (χ3v) is 6.56. The first kappa shape index (κ1) is 17.2. The lowest BCUT2D eigenvalue weighted by Gasteiger charge is -2.43. The van der Waals surface area contributed by atoms with E-state index in [4.69, 9.17) is 9.47 Å². The molecule has 4 atom stereocenters. The van der Waals surface area contributed by atoms with Crippen molar-refractivity contribution >= 4 is 11.9 Å². The highest BCUT2D eigenvalue weighted by molar-refractivity contribution is 5.90. The predicted octanol–water partition coefficient (Wildman–Crippen LogP) is 3.81. The molecule has 4 heteroatoms. The summed E-state index contributed by atoms with van der Waals surface area (Å²) >= 11 is 0. The van der Waals surface area contributed by atoms with E-state index in [9.17, 15) is 9.59 Å². The van der Waals surface area contributed by atoms with Crippen LogP contribution in [0.1, 0.15) is 51.4 Å². The van der Waals surface area contributed by atoms with E-state index in [2.05, 4.69) is 13.2 Å². The van der Waals surface area contributed by atoms with Crippen LogP contribution in [0.2, 0.25) is 0 Å². The van der Waals surface area contributed by atoms with Gasteiger partial charge < -0.3 is 9.47 Å². The van der Waals surface area contributed by atoms with Crippen molar-refractivity contribution in [3.63, 3.8) is 0 Å². The van der Waals surface area contributed by atoms with Crippen LogP contribution >= 0.6 is 0 Å². The lowest BCUT2D eigenvalue weighted by atomic mass is 9.59. The smallest absolute Gasteiger partial charge is 0.313 e. The average molecular weight is 332 g/mol. The van der Waals surface area contributed by atoms with Gasteiger partial charge in [0.1, 0.15) is 0 Å². The molecule has 24 heavy (non-hydrogen) atoms. The fraction of sp³-hybridized carbons (Fsp3) is 0.700. The lowest BCUT2D eigenvalue weighted by molar-refractivity contribution is -0.182. The summed E-state index contributed by atoms with van der Waals surface area (Å²) in [7, 11) is 0. The van der Waals surface area contributed by atoms with Crippen LogP contribution in [0.15, 0.2) is 25.3 Å². The first-order valence-corrected chi connectivity index (χ1v) is 9.18. The molecule has 0 aliphatic heterocycles. The number of rotatable bonds is 8. The van der Waals surface area contributed by atoms with Crippen molar-refractivity contribution in [1.82, 2.24) is 0 Å². The van der Waals surface area contributed by atoms with E-state index in [1.807, 2.05) is 0 Å². The van der Waals surface area contributed by atoms with Crippen LogP contribution in [0.25, 0.3) is 0 Å². The van der Waals surface area contributed by atoms with Gasteiger partial charge in [0.15, 0.2) is 0 Å². The molecule has 3 aliphatic rings. The number of ether oxygens (including phenoxy) is 2. The van der Waals surface area contributed by atoms with Crippen molar-refractivity contribution in [2.24, 2.45) is 22.7 Å². The minimum atomic E-state index is -0.661. The van der Waals surface area contributed by atoms with Gasteiger partial charge in [-0.3, -0.25) is 9.59 Å². The van der Waals surface area contributed by atoms with E-state index >= 15 is 0 Å². The van der Waals surface area contributed by atoms with Crippen LogP contribution in [-0.4, -0.2) is 25.2 Å². The molecule has 0 spiro atoms. The molecule has 3 aliphatic carbocycles. The highest BCUT2D eigenvalue weighted by Crippen LogP contribution is 2.73. The van der Waals surface area contributed by atoms with E-state index in [1.54, 1.807) is 12.2 Å². The maximum Gasteiger partial charge on any atom is 0.313 e. The molecule has 4 unspecified atom stereocenters. The quantitative estimate of drug-likeness (QED) is 0.385. The first-order valence-electron chi connectivity index (χ1n) is 9.18. The van der Waals surface area contributed by atoms with Crippen LogP contribution in [0.5, 0.6) is 0 Å². The van der Waals surface area contributed by atoms with E-state index in [1.165, 1.54) is 0 Å². The Balaban J connectivity index is 1.85. The Morgan fingerprint density at radius 2 is 1.67 bits per heavy atom. The highest BCUT2D eigenvalue weighted by atomic mass is 16.5. The van der Waals surface area contributed by atoms with E-state index in [0.29, 0.717) is 32.0 Å². The fourth-order valence-electron chi connectivity index (χ4n) is 5.65. The third kappa shape index (κ3) is 2.34. The van der Waals surface area contributed by atoms with Crippen molar-refractivity contribution in [3.8, 4) is 0 Å². The summed E-state index contributed by atoms with van der Waals surface area (Å²) in [6.07, 6.45) is 10.2. The Morgan fingerprint density at radius 3 is 2.33 bits per heavy atom. The molecule has 3 fully saturated rings. The van der Waals surface area contributed by atoms with Crippen LogP contribution in [-0.2, 0) is 19.1 Å². The van der Waals surface area contributed by atoms with Gasteiger partial charge in [-0.15, -0.1) is 13.2 Å². The second kappa shape index (κ2) is 6.73. The molecule has 2 bridgehead atoms.